The number of hydrogen-bond acceptors (Lipinski definition) is 3. The lowest BCUT2D eigenvalue weighted by molar-refractivity contribution is 0.371. The predicted molar refractivity (Wildman–Crippen MR) is 102 cm³/mol. The van der Waals surface area contributed by atoms with Gasteiger partial charge in [-0.1, -0.05) is 6.07 Å². The van der Waals surface area contributed by atoms with Crippen LogP contribution in [0.15, 0.2) is 47.6 Å². The smallest absolute Gasteiger partial charge is 0.194 e. The van der Waals surface area contributed by atoms with Gasteiger partial charge in [-0.25, -0.2) is 0 Å². The van der Waals surface area contributed by atoms with Crippen LogP contribution in [-0.4, -0.2) is 55.8 Å². The molecule has 0 atom stereocenters. The standard InChI is InChI=1S/C19H27N5O/c1-20-19(21-15-17-7-5-9-22(17)2)24-12-10-23(11-13-24)16-6-4-8-18(14-16)25-3/h4-9,14H,10-13,15H2,1-3H3,(H,20,21). The lowest BCUT2D eigenvalue weighted by atomic mass is 10.2. The molecule has 0 unspecified atom stereocenters. The second-order valence-corrected chi connectivity index (χ2v) is 6.19. The Morgan fingerprint density at radius 1 is 1.16 bits per heavy atom. The van der Waals surface area contributed by atoms with Crippen molar-refractivity contribution in [2.75, 3.05) is 45.2 Å². The lowest BCUT2D eigenvalue weighted by Gasteiger charge is -2.37. The van der Waals surface area contributed by atoms with Gasteiger partial charge in [0.05, 0.1) is 13.7 Å². The molecule has 0 saturated carbocycles. The molecule has 2 aromatic rings. The monoisotopic (exact) mass is 341 g/mol. The molecule has 1 aliphatic rings. The summed E-state index contributed by atoms with van der Waals surface area (Å²) in [5.74, 6) is 1.87. The molecule has 6 nitrogen and oxygen atoms in total. The summed E-state index contributed by atoms with van der Waals surface area (Å²) in [5, 5.41) is 3.47. The first kappa shape index (κ1) is 17.2. The van der Waals surface area contributed by atoms with Crippen molar-refractivity contribution >= 4 is 11.6 Å². The molecule has 1 aromatic heterocycles. The molecule has 25 heavy (non-hydrogen) atoms. The summed E-state index contributed by atoms with van der Waals surface area (Å²) in [6, 6.07) is 12.4. The molecule has 0 radical (unpaired) electrons. The largest absolute Gasteiger partial charge is 0.497 e. The maximum Gasteiger partial charge on any atom is 0.194 e. The van der Waals surface area contributed by atoms with Gasteiger partial charge < -0.3 is 24.4 Å². The maximum atomic E-state index is 5.33. The highest BCUT2D eigenvalue weighted by molar-refractivity contribution is 5.80. The van der Waals surface area contributed by atoms with Gasteiger partial charge in [0.1, 0.15) is 5.75 Å². The Labute approximate surface area is 149 Å². The first-order valence-electron chi connectivity index (χ1n) is 8.66. The Balaban J connectivity index is 1.56. The molecule has 1 aromatic carbocycles. The third kappa shape index (κ3) is 4.07. The van der Waals surface area contributed by atoms with Crippen LogP contribution in [-0.2, 0) is 13.6 Å². The Kier molecular flexibility index (Phi) is 5.48. The van der Waals surface area contributed by atoms with E-state index in [2.05, 4.69) is 62.2 Å². The van der Waals surface area contributed by atoms with Crippen molar-refractivity contribution in [3.8, 4) is 5.75 Å². The van der Waals surface area contributed by atoms with Crippen molar-refractivity contribution in [2.24, 2.45) is 12.0 Å². The second-order valence-electron chi connectivity index (χ2n) is 6.19. The van der Waals surface area contributed by atoms with Gasteiger partial charge in [0.25, 0.3) is 0 Å². The number of aliphatic imine (C=N–C) groups is 1. The fraction of sp³-hybridized carbons (Fsp3) is 0.421. The Bertz CT molecular complexity index is 716. The normalized spacial score (nSPS) is 15.4. The van der Waals surface area contributed by atoms with E-state index in [1.54, 1.807) is 7.11 Å². The van der Waals surface area contributed by atoms with Crippen molar-refractivity contribution in [3.63, 3.8) is 0 Å². The van der Waals surface area contributed by atoms with Crippen LogP contribution in [0.1, 0.15) is 5.69 Å². The summed E-state index contributed by atoms with van der Waals surface area (Å²) in [5.41, 5.74) is 2.46. The van der Waals surface area contributed by atoms with E-state index in [4.69, 9.17) is 4.74 Å². The molecule has 3 rings (SSSR count). The van der Waals surface area contributed by atoms with Gasteiger partial charge >= 0.3 is 0 Å². The Morgan fingerprint density at radius 3 is 2.60 bits per heavy atom. The van der Waals surface area contributed by atoms with E-state index in [0.29, 0.717) is 0 Å². The number of guanidine groups is 1. The molecule has 1 N–H and O–H groups in total. The molecular formula is C19H27N5O. The van der Waals surface area contributed by atoms with Gasteiger partial charge in [0.2, 0.25) is 0 Å². The fourth-order valence-corrected chi connectivity index (χ4v) is 3.17. The molecule has 1 saturated heterocycles. The third-order valence-corrected chi connectivity index (χ3v) is 4.69. The van der Waals surface area contributed by atoms with Crippen LogP contribution in [0.2, 0.25) is 0 Å². The van der Waals surface area contributed by atoms with Gasteiger partial charge in [0, 0.05) is 63.9 Å². The first-order chi connectivity index (χ1) is 12.2. The molecule has 0 spiro atoms. The van der Waals surface area contributed by atoms with E-state index in [1.807, 2.05) is 19.2 Å². The zero-order valence-corrected chi connectivity index (χ0v) is 15.3. The fourth-order valence-electron chi connectivity index (χ4n) is 3.17. The molecular weight excluding hydrogens is 314 g/mol. The average molecular weight is 341 g/mol. The van der Waals surface area contributed by atoms with Crippen LogP contribution in [0.25, 0.3) is 0 Å². The molecule has 134 valence electrons. The van der Waals surface area contributed by atoms with Crippen molar-refractivity contribution in [3.05, 3.63) is 48.3 Å². The number of ether oxygens (including phenoxy) is 1. The SMILES string of the molecule is CN=C(NCc1cccn1C)N1CCN(c2cccc(OC)c2)CC1. The molecule has 1 aliphatic heterocycles. The van der Waals surface area contributed by atoms with Crippen molar-refractivity contribution < 1.29 is 4.74 Å². The summed E-state index contributed by atoms with van der Waals surface area (Å²) in [4.78, 5) is 9.16. The van der Waals surface area contributed by atoms with Crippen LogP contribution >= 0.6 is 0 Å². The first-order valence-corrected chi connectivity index (χ1v) is 8.66. The minimum absolute atomic E-state index is 0.784. The molecule has 0 bridgehead atoms. The highest BCUT2D eigenvalue weighted by Gasteiger charge is 2.20. The molecule has 2 heterocycles. The van der Waals surface area contributed by atoms with Crippen LogP contribution < -0.4 is 15.0 Å². The van der Waals surface area contributed by atoms with E-state index in [9.17, 15) is 0 Å². The van der Waals surface area contributed by atoms with Gasteiger partial charge in [-0.05, 0) is 24.3 Å². The predicted octanol–water partition coefficient (Wildman–Crippen LogP) is 1.93. The second kappa shape index (κ2) is 7.96. The van der Waals surface area contributed by atoms with E-state index in [-0.39, 0.29) is 0 Å². The van der Waals surface area contributed by atoms with E-state index >= 15 is 0 Å². The number of piperazine rings is 1. The Hall–Kier alpha value is -2.63. The maximum absolute atomic E-state index is 5.33. The number of benzene rings is 1. The number of aryl methyl sites for hydroxylation is 1. The van der Waals surface area contributed by atoms with Crippen LogP contribution in [0.5, 0.6) is 5.75 Å². The summed E-state index contributed by atoms with van der Waals surface area (Å²) in [6.45, 7) is 4.62. The third-order valence-electron chi connectivity index (χ3n) is 4.69. The van der Waals surface area contributed by atoms with Crippen molar-refractivity contribution in [1.82, 2.24) is 14.8 Å². The summed E-state index contributed by atoms with van der Waals surface area (Å²) in [6.07, 6.45) is 2.06. The number of nitrogens with zero attached hydrogens (tertiary/aromatic N) is 4. The quantitative estimate of drug-likeness (QED) is 0.682. The minimum Gasteiger partial charge on any atom is -0.497 e. The number of hydrogen-bond donors (Lipinski definition) is 1. The van der Waals surface area contributed by atoms with Gasteiger partial charge in [-0.2, -0.15) is 0 Å². The van der Waals surface area contributed by atoms with E-state index < -0.39 is 0 Å². The summed E-state index contributed by atoms with van der Waals surface area (Å²) < 4.78 is 7.46. The number of anilines is 1. The number of aromatic nitrogens is 1. The van der Waals surface area contributed by atoms with E-state index in [1.165, 1.54) is 11.4 Å². The van der Waals surface area contributed by atoms with Gasteiger partial charge in [-0.3, -0.25) is 4.99 Å². The van der Waals surface area contributed by atoms with Gasteiger partial charge in [-0.15, -0.1) is 0 Å². The summed E-state index contributed by atoms with van der Waals surface area (Å²) in [7, 11) is 5.62. The summed E-state index contributed by atoms with van der Waals surface area (Å²) >= 11 is 0. The highest BCUT2D eigenvalue weighted by atomic mass is 16.5. The molecule has 0 aliphatic carbocycles. The highest BCUT2D eigenvalue weighted by Crippen LogP contribution is 2.22. The average Bonchev–Trinajstić information content (AvgIpc) is 3.08. The lowest BCUT2D eigenvalue weighted by Crippen LogP contribution is -2.52. The van der Waals surface area contributed by atoms with Crippen molar-refractivity contribution in [2.45, 2.75) is 6.54 Å². The number of nitrogens with one attached hydrogen (secondary N) is 1. The Morgan fingerprint density at radius 2 is 1.96 bits per heavy atom. The van der Waals surface area contributed by atoms with Crippen LogP contribution in [0.4, 0.5) is 5.69 Å². The zero-order chi connectivity index (χ0) is 17.6. The topological polar surface area (TPSA) is 45.0 Å². The van der Waals surface area contributed by atoms with Gasteiger partial charge in [0.15, 0.2) is 5.96 Å². The van der Waals surface area contributed by atoms with E-state index in [0.717, 1.165) is 44.4 Å². The minimum atomic E-state index is 0.784. The molecule has 1 fully saturated rings. The van der Waals surface area contributed by atoms with Crippen LogP contribution in [0.3, 0.4) is 0 Å². The molecule has 6 heteroatoms. The number of rotatable bonds is 4. The van der Waals surface area contributed by atoms with Crippen molar-refractivity contribution in [1.29, 1.82) is 0 Å². The zero-order valence-electron chi connectivity index (χ0n) is 15.3. The van der Waals surface area contributed by atoms with Crippen LogP contribution in [0, 0.1) is 0 Å². The molecule has 0 amide bonds. The number of methoxy groups -OCH3 is 1.